The lowest BCUT2D eigenvalue weighted by atomic mass is 10.5. The summed E-state index contributed by atoms with van der Waals surface area (Å²) in [6, 6.07) is 2.01. The van der Waals surface area contributed by atoms with E-state index in [1.54, 1.807) is 7.05 Å². The maximum atomic E-state index is 8.32. The van der Waals surface area contributed by atoms with Crippen LogP contribution in [0, 0.1) is 11.3 Å². The Labute approximate surface area is 100 Å². The van der Waals surface area contributed by atoms with Crippen molar-refractivity contribution in [2.24, 2.45) is 0 Å². The Kier molecular flexibility index (Phi) is 16.7. The highest BCUT2D eigenvalue weighted by molar-refractivity contribution is 7.44. The summed E-state index contributed by atoms with van der Waals surface area (Å²) in [6.45, 7) is 4.32. The van der Waals surface area contributed by atoms with Gasteiger partial charge in [0.05, 0.1) is 32.3 Å². The van der Waals surface area contributed by atoms with Gasteiger partial charge in [0.2, 0.25) is 0 Å². The second kappa shape index (κ2) is 14.8. The van der Waals surface area contributed by atoms with Crippen LogP contribution in [0.3, 0.4) is 0 Å². The monoisotopic (exact) mass is 250 g/mol. The van der Waals surface area contributed by atoms with Crippen molar-refractivity contribution in [2.75, 3.05) is 33.5 Å². The van der Waals surface area contributed by atoms with E-state index in [9.17, 15) is 0 Å². The molecular formula is C10H23N2O3P. The van der Waals surface area contributed by atoms with E-state index < -0.39 is 8.53 Å². The van der Waals surface area contributed by atoms with Gasteiger partial charge in [-0.3, -0.25) is 5.09 Å². The minimum Gasteiger partial charge on any atom is -0.379 e. The van der Waals surface area contributed by atoms with E-state index in [1.165, 1.54) is 0 Å². The van der Waals surface area contributed by atoms with E-state index in [2.05, 4.69) is 12.0 Å². The molecule has 0 fully saturated rings. The van der Waals surface area contributed by atoms with Gasteiger partial charge in [-0.2, -0.15) is 5.26 Å². The molecule has 96 valence electrons. The Bertz CT molecular complexity index is 176. The molecule has 0 heterocycles. The van der Waals surface area contributed by atoms with Gasteiger partial charge < -0.3 is 13.8 Å². The average molecular weight is 250 g/mol. The number of rotatable bonds is 10. The van der Waals surface area contributed by atoms with Crippen LogP contribution < -0.4 is 5.09 Å². The fraction of sp³-hybridized carbons (Fsp3) is 0.900. The van der Waals surface area contributed by atoms with Crippen LogP contribution in [0.15, 0.2) is 0 Å². The molecular weight excluding hydrogens is 227 g/mol. The van der Waals surface area contributed by atoms with Gasteiger partial charge in [-0.15, -0.1) is 0 Å². The summed E-state index contributed by atoms with van der Waals surface area (Å²) in [4.78, 5) is 0. The minimum absolute atomic E-state index is 0. The summed E-state index contributed by atoms with van der Waals surface area (Å²) in [5, 5.41) is 11.2. The molecule has 0 aromatic carbocycles. The SMILES string of the molecule is C.CCCOCCOP(NC)OCCC#N. The molecule has 5 nitrogen and oxygen atoms in total. The van der Waals surface area contributed by atoms with Gasteiger partial charge in [-0.05, 0) is 13.5 Å². The first-order valence-electron chi connectivity index (χ1n) is 5.03. The number of nitriles is 1. The summed E-state index contributed by atoms with van der Waals surface area (Å²) in [6.07, 6.45) is 1.40. The van der Waals surface area contributed by atoms with Gasteiger partial charge in [0.1, 0.15) is 0 Å². The van der Waals surface area contributed by atoms with E-state index in [0.29, 0.717) is 26.2 Å². The Morgan fingerprint density at radius 2 is 1.88 bits per heavy atom. The molecule has 0 aliphatic heterocycles. The van der Waals surface area contributed by atoms with Gasteiger partial charge in [0.25, 0.3) is 8.53 Å². The zero-order chi connectivity index (χ0) is 11.4. The highest BCUT2D eigenvalue weighted by Gasteiger charge is 2.06. The van der Waals surface area contributed by atoms with E-state index in [4.69, 9.17) is 19.0 Å². The van der Waals surface area contributed by atoms with Gasteiger partial charge in [-0.1, -0.05) is 14.4 Å². The van der Waals surface area contributed by atoms with Crippen LogP contribution in [0.2, 0.25) is 0 Å². The fourth-order valence-corrected chi connectivity index (χ4v) is 1.60. The van der Waals surface area contributed by atoms with Crippen molar-refractivity contribution < 1.29 is 13.8 Å². The number of hydrogen-bond acceptors (Lipinski definition) is 5. The summed E-state index contributed by atoms with van der Waals surface area (Å²) >= 11 is 0. The summed E-state index contributed by atoms with van der Waals surface area (Å²) in [5.41, 5.74) is 0. The largest absolute Gasteiger partial charge is 0.379 e. The van der Waals surface area contributed by atoms with Gasteiger partial charge >= 0.3 is 0 Å². The molecule has 0 saturated heterocycles. The summed E-state index contributed by atoms with van der Waals surface area (Å²) < 4.78 is 15.9. The Balaban J connectivity index is 0. The van der Waals surface area contributed by atoms with Crippen LogP contribution in [0.5, 0.6) is 0 Å². The van der Waals surface area contributed by atoms with Crippen molar-refractivity contribution in [3.05, 3.63) is 0 Å². The molecule has 0 aliphatic carbocycles. The zero-order valence-electron chi connectivity index (χ0n) is 9.36. The third kappa shape index (κ3) is 11.8. The lowest BCUT2D eigenvalue weighted by molar-refractivity contribution is 0.0974. The average Bonchev–Trinajstić information content (AvgIpc) is 2.26. The van der Waals surface area contributed by atoms with Crippen molar-refractivity contribution >= 4 is 8.53 Å². The lowest BCUT2D eigenvalue weighted by Crippen LogP contribution is -2.09. The molecule has 1 N–H and O–H groups in total. The number of hydrogen-bond donors (Lipinski definition) is 1. The third-order valence-corrected chi connectivity index (χ3v) is 2.59. The van der Waals surface area contributed by atoms with Crippen molar-refractivity contribution in [1.29, 1.82) is 5.26 Å². The van der Waals surface area contributed by atoms with E-state index in [-0.39, 0.29) is 7.43 Å². The normalized spacial score (nSPS) is 11.6. The quantitative estimate of drug-likeness (QED) is 0.476. The molecule has 6 heteroatoms. The molecule has 0 aromatic heterocycles. The third-order valence-electron chi connectivity index (χ3n) is 1.39. The molecule has 0 radical (unpaired) electrons. The second-order valence-electron chi connectivity index (χ2n) is 2.67. The topological polar surface area (TPSA) is 63.5 Å². The zero-order valence-corrected chi connectivity index (χ0v) is 10.3. The fourth-order valence-electron chi connectivity index (χ4n) is 0.766. The van der Waals surface area contributed by atoms with Crippen molar-refractivity contribution in [3.63, 3.8) is 0 Å². The smallest absolute Gasteiger partial charge is 0.255 e. The van der Waals surface area contributed by atoms with Crippen LogP contribution in [-0.2, 0) is 13.8 Å². The van der Waals surface area contributed by atoms with Crippen LogP contribution in [0.4, 0.5) is 0 Å². The lowest BCUT2D eigenvalue weighted by Gasteiger charge is -2.14. The summed E-state index contributed by atoms with van der Waals surface area (Å²) in [5.74, 6) is 0. The van der Waals surface area contributed by atoms with Crippen molar-refractivity contribution in [3.8, 4) is 6.07 Å². The first-order valence-corrected chi connectivity index (χ1v) is 6.21. The van der Waals surface area contributed by atoms with Gasteiger partial charge in [0, 0.05) is 6.61 Å². The number of ether oxygens (including phenoxy) is 1. The van der Waals surface area contributed by atoms with Crippen LogP contribution in [-0.4, -0.2) is 33.5 Å². The van der Waals surface area contributed by atoms with Crippen molar-refractivity contribution in [1.82, 2.24) is 5.09 Å². The number of nitrogens with zero attached hydrogens (tertiary/aromatic N) is 1. The second-order valence-corrected chi connectivity index (χ2v) is 4.15. The van der Waals surface area contributed by atoms with E-state index >= 15 is 0 Å². The molecule has 0 amide bonds. The highest BCUT2D eigenvalue weighted by atomic mass is 31.2. The predicted octanol–water partition coefficient (Wildman–Crippen LogP) is 2.44. The van der Waals surface area contributed by atoms with Gasteiger partial charge in [-0.25, -0.2) is 0 Å². The number of nitrogens with one attached hydrogen (secondary N) is 1. The van der Waals surface area contributed by atoms with Crippen LogP contribution in [0.25, 0.3) is 0 Å². The molecule has 0 aromatic rings. The molecule has 0 saturated carbocycles. The van der Waals surface area contributed by atoms with Gasteiger partial charge in [0.15, 0.2) is 0 Å². The van der Waals surface area contributed by atoms with Crippen molar-refractivity contribution in [2.45, 2.75) is 27.2 Å². The summed E-state index contributed by atoms with van der Waals surface area (Å²) in [7, 11) is 0.697. The Hall–Kier alpha value is -0.240. The molecule has 16 heavy (non-hydrogen) atoms. The van der Waals surface area contributed by atoms with E-state index in [0.717, 1.165) is 13.0 Å². The Morgan fingerprint density at radius 3 is 2.44 bits per heavy atom. The highest BCUT2D eigenvalue weighted by Crippen LogP contribution is 2.32. The van der Waals surface area contributed by atoms with Crippen LogP contribution >= 0.6 is 8.53 Å². The predicted molar refractivity (Wildman–Crippen MR) is 66.0 cm³/mol. The first-order chi connectivity index (χ1) is 7.35. The minimum atomic E-state index is -1.07. The molecule has 1 atom stereocenters. The standard InChI is InChI=1S/C9H19N2O3P.CH4/c1-3-6-12-8-9-14-15(11-2)13-7-4-5-10;/h11H,3-4,6-9H2,1-2H3;1H4. The van der Waals surface area contributed by atoms with Crippen LogP contribution in [0.1, 0.15) is 27.2 Å². The molecule has 0 rings (SSSR count). The Morgan fingerprint density at radius 1 is 1.19 bits per heavy atom. The molecule has 0 aliphatic rings. The first kappa shape index (κ1) is 18.1. The molecule has 0 spiro atoms. The maximum absolute atomic E-state index is 8.32. The van der Waals surface area contributed by atoms with E-state index in [1.807, 2.05) is 6.07 Å². The molecule has 0 bridgehead atoms. The maximum Gasteiger partial charge on any atom is 0.255 e. The molecule has 1 unspecified atom stereocenters.